The summed E-state index contributed by atoms with van der Waals surface area (Å²) in [6, 6.07) is 7.16. The lowest BCUT2D eigenvalue weighted by Crippen LogP contribution is -2.49. The normalized spacial score (nSPS) is 20.4. The molecule has 4 rings (SSSR count). The molecular formula is C30H39N7O5. The third kappa shape index (κ3) is 7.83. The lowest BCUT2D eigenvalue weighted by Gasteiger charge is -2.21. The molecule has 1 aliphatic rings. The number of hydrogen-bond donors (Lipinski definition) is 4. The van der Waals surface area contributed by atoms with Gasteiger partial charge < -0.3 is 25.7 Å². The van der Waals surface area contributed by atoms with Crippen LogP contribution in [0.3, 0.4) is 0 Å². The molecule has 1 aromatic carbocycles. The molecular weight excluding hydrogens is 538 g/mol. The topological polar surface area (TPSA) is 160 Å². The Kier molecular flexibility index (Phi) is 10.1. The van der Waals surface area contributed by atoms with Crippen LogP contribution in [-0.4, -0.2) is 57.0 Å². The number of carbonyl (C=O) groups is 4. The lowest BCUT2D eigenvalue weighted by atomic mass is 10.0. The first-order valence-electron chi connectivity index (χ1n) is 14.3. The van der Waals surface area contributed by atoms with Gasteiger partial charge in [0.15, 0.2) is 5.69 Å². The van der Waals surface area contributed by atoms with Crippen LogP contribution >= 0.6 is 0 Å². The van der Waals surface area contributed by atoms with Crippen molar-refractivity contribution in [3.05, 3.63) is 70.7 Å². The molecule has 3 heterocycles. The SMILES string of the molecule is Cc1nn(C)c(C)c1CCC(=O)N[C@H]1CCCCNC(=O)[C@H](Cc2ccccc2)NC(=O)c2coc(n2)[C@H](C)NC1=O. The fourth-order valence-corrected chi connectivity index (χ4v) is 5.02. The number of aromatic nitrogens is 3. The molecule has 0 aliphatic carbocycles. The van der Waals surface area contributed by atoms with Crippen LogP contribution in [-0.2, 0) is 34.3 Å². The van der Waals surface area contributed by atoms with E-state index < -0.39 is 24.0 Å². The summed E-state index contributed by atoms with van der Waals surface area (Å²) in [6.45, 7) is 5.92. The number of amides is 4. The first kappa shape index (κ1) is 30.5. The van der Waals surface area contributed by atoms with Gasteiger partial charge in [-0.2, -0.15) is 5.10 Å². The molecule has 0 unspecified atom stereocenters. The van der Waals surface area contributed by atoms with Crippen LogP contribution in [0.15, 0.2) is 41.0 Å². The average molecular weight is 578 g/mol. The Labute approximate surface area is 245 Å². The van der Waals surface area contributed by atoms with Crippen LogP contribution in [0.5, 0.6) is 0 Å². The maximum Gasteiger partial charge on any atom is 0.273 e. The predicted octanol–water partition coefficient (Wildman–Crippen LogP) is 1.96. The number of aryl methyl sites for hydroxylation is 2. The Hall–Kier alpha value is -4.48. The van der Waals surface area contributed by atoms with Gasteiger partial charge in [-0.15, -0.1) is 0 Å². The molecule has 0 saturated carbocycles. The van der Waals surface area contributed by atoms with Gasteiger partial charge in [0, 0.05) is 32.1 Å². The van der Waals surface area contributed by atoms with E-state index in [1.807, 2.05) is 51.2 Å². The number of oxazole rings is 1. The molecule has 3 aromatic rings. The predicted molar refractivity (Wildman–Crippen MR) is 154 cm³/mol. The van der Waals surface area contributed by atoms with E-state index in [0.717, 1.165) is 22.5 Å². The van der Waals surface area contributed by atoms with E-state index >= 15 is 0 Å². The maximum absolute atomic E-state index is 13.2. The first-order chi connectivity index (χ1) is 20.1. The van der Waals surface area contributed by atoms with Gasteiger partial charge in [-0.3, -0.25) is 23.9 Å². The van der Waals surface area contributed by atoms with Gasteiger partial charge in [0.25, 0.3) is 5.91 Å². The average Bonchev–Trinajstić information content (AvgIpc) is 3.55. The number of hydrogen-bond acceptors (Lipinski definition) is 7. The van der Waals surface area contributed by atoms with Crippen LogP contribution < -0.4 is 21.3 Å². The monoisotopic (exact) mass is 577 g/mol. The summed E-state index contributed by atoms with van der Waals surface area (Å²) in [5, 5.41) is 15.8. The standard InChI is InChI=1S/C30H39N7O5/c1-18-22(20(3)37(4)36-18)13-14-26(38)33-23-12-8-9-15-31-27(39)24(16-21-10-6-5-7-11-21)34-29(41)25-17-42-30(35-25)19(2)32-28(23)40/h5-7,10-11,17,19,23-24H,8-9,12-16H2,1-4H3,(H,31,39)(H,32,40)(H,33,38)(H,34,41)/t19-,23-,24-/m0/s1. The van der Waals surface area contributed by atoms with Crippen LogP contribution in [0.1, 0.15) is 77.5 Å². The van der Waals surface area contributed by atoms with E-state index in [1.54, 1.807) is 11.6 Å². The zero-order valence-electron chi connectivity index (χ0n) is 24.5. The summed E-state index contributed by atoms with van der Waals surface area (Å²) in [7, 11) is 1.87. The fraction of sp³-hybridized carbons (Fsp3) is 0.467. The number of rotatable bonds is 6. The van der Waals surface area contributed by atoms with Crippen molar-refractivity contribution >= 4 is 23.6 Å². The van der Waals surface area contributed by atoms with Crippen molar-refractivity contribution in [1.29, 1.82) is 0 Å². The highest BCUT2D eigenvalue weighted by atomic mass is 16.3. The second kappa shape index (κ2) is 13.9. The molecule has 4 N–H and O–H groups in total. The van der Waals surface area contributed by atoms with E-state index in [0.29, 0.717) is 38.6 Å². The molecule has 0 spiro atoms. The molecule has 224 valence electrons. The van der Waals surface area contributed by atoms with Crippen LogP contribution in [0, 0.1) is 13.8 Å². The molecule has 12 nitrogen and oxygen atoms in total. The number of benzene rings is 1. The molecule has 4 amide bonds. The second-order valence-corrected chi connectivity index (χ2v) is 10.7. The quantitative estimate of drug-likeness (QED) is 0.348. The van der Waals surface area contributed by atoms with Gasteiger partial charge >= 0.3 is 0 Å². The van der Waals surface area contributed by atoms with Gasteiger partial charge in [-0.05, 0) is 57.6 Å². The summed E-state index contributed by atoms with van der Waals surface area (Å²) in [4.78, 5) is 56.4. The molecule has 3 atom stereocenters. The molecule has 0 saturated heterocycles. The van der Waals surface area contributed by atoms with Crippen molar-refractivity contribution in [1.82, 2.24) is 36.0 Å². The van der Waals surface area contributed by atoms with E-state index in [1.165, 1.54) is 6.26 Å². The number of nitrogens with one attached hydrogen (secondary N) is 4. The molecule has 12 heteroatoms. The van der Waals surface area contributed by atoms with E-state index in [2.05, 4.69) is 31.3 Å². The number of nitrogens with zero attached hydrogens (tertiary/aromatic N) is 3. The zero-order chi connectivity index (χ0) is 30.2. The van der Waals surface area contributed by atoms with Gasteiger partial charge in [0.05, 0.1) is 5.69 Å². The van der Waals surface area contributed by atoms with Gasteiger partial charge in [-0.25, -0.2) is 4.98 Å². The van der Waals surface area contributed by atoms with Crippen molar-refractivity contribution in [3.8, 4) is 0 Å². The smallest absolute Gasteiger partial charge is 0.273 e. The highest BCUT2D eigenvalue weighted by Crippen LogP contribution is 2.16. The van der Waals surface area contributed by atoms with Gasteiger partial charge in [0.2, 0.25) is 23.6 Å². The molecule has 0 fully saturated rings. The van der Waals surface area contributed by atoms with Crippen molar-refractivity contribution < 1.29 is 23.6 Å². The zero-order valence-corrected chi connectivity index (χ0v) is 24.5. The van der Waals surface area contributed by atoms with Crippen molar-refractivity contribution in [2.45, 2.75) is 77.4 Å². The number of fused-ring (bicyclic) bond motifs is 2. The molecule has 42 heavy (non-hydrogen) atoms. The van der Waals surface area contributed by atoms with Crippen molar-refractivity contribution in [2.75, 3.05) is 6.54 Å². The number of carbonyl (C=O) groups excluding carboxylic acids is 4. The third-order valence-corrected chi connectivity index (χ3v) is 7.52. The van der Waals surface area contributed by atoms with E-state index in [-0.39, 0.29) is 35.7 Å². The third-order valence-electron chi connectivity index (χ3n) is 7.52. The molecule has 0 radical (unpaired) electrons. The first-order valence-corrected chi connectivity index (χ1v) is 14.3. The highest BCUT2D eigenvalue weighted by molar-refractivity contribution is 5.96. The van der Waals surface area contributed by atoms with Crippen LogP contribution in [0.25, 0.3) is 0 Å². The molecule has 2 bridgehead atoms. The largest absolute Gasteiger partial charge is 0.446 e. The van der Waals surface area contributed by atoms with Crippen LogP contribution in [0.2, 0.25) is 0 Å². The Balaban J connectivity index is 1.46. The van der Waals surface area contributed by atoms with Crippen molar-refractivity contribution in [3.63, 3.8) is 0 Å². The molecule has 2 aromatic heterocycles. The summed E-state index contributed by atoms with van der Waals surface area (Å²) < 4.78 is 7.29. The summed E-state index contributed by atoms with van der Waals surface area (Å²) in [5.41, 5.74) is 3.80. The van der Waals surface area contributed by atoms with E-state index in [4.69, 9.17) is 4.42 Å². The van der Waals surface area contributed by atoms with Gasteiger partial charge in [0.1, 0.15) is 24.4 Å². The van der Waals surface area contributed by atoms with Crippen LogP contribution in [0.4, 0.5) is 0 Å². The summed E-state index contributed by atoms with van der Waals surface area (Å²) in [6.07, 6.45) is 3.77. The maximum atomic E-state index is 13.2. The van der Waals surface area contributed by atoms with Crippen molar-refractivity contribution in [2.24, 2.45) is 7.05 Å². The lowest BCUT2D eigenvalue weighted by molar-refractivity contribution is -0.129. The summed E-state index contributed by atoms with van der Waals surface area (Å²) >= 11 is 0. The Bertz CT molecular complexity index is 1410. The van der Waals surface area contributed by atoms with Gasteiger partial charge in [-0.1, -0.05) is 30.3 Å². The highest BCUT2D eigenvalue weighted by Gasteiger charge is 2.27. The Morgan fingerprint density at radius 3 is 2.57 bits per heavy atom. The second-order valence-electron chi connectivity index (χ2n) is 10.7. The molecule has 1 aliphatic heterocycles. The fourth-order valence-electron chi connectivity index (χ4n) is 5.02. The Morgan fingerprint density at radius 2 is 1.86 bits per heavy atom. The minimum absolute atomic E-state index is 0.00473. The summed E-state index contributed by atoms with van der Waals surface area (Å²) in [5.74, 6) is -1.37. The minimum Gasteiger partial charge on any atom is -0.446 e. The minimum atomic E-state index is -0.816. The Morgan fingerprint density at radius 1 is 1.10 bits per heavy atom. The van der Waals surface area contributed by atoms with E-state index in [9.17, 15) is 19.2 Å².